The molecule has 0 amide bonds. The van der Waals surface area contributed by atoms with Crippen molar-refractivity contribution in [1.82, 2.24) is 0 Å². The molecule has 3 aromatic rings. The van der Waals surface area contributed by atoms with Crippen LogP contribution >= 0.6 is 0 Å². The average Bonchev–Trinajstić information content (AvgIpc) is 3.19. The zero-order valence-corrected chi connectivity index (χ0v) is 15.7. The second-order valence-electron chi connectivity index (χ2n) is 5.78. The van der Waals surface area contributed by atoms with E-state index < -0.39 is 19.7 Å². The van der Waals surface area contributed by atoms with Crippen LogP contribution in [0.1, 0.15) is 11.5 Å². The summed E-state index contributed by atoms with van der Waals surface area (Å²) in [5.74, 6) is 0.987. The van der Waals surface area contributed by atoms with Gasteiger partial charge in [0, 0.05) is 18.2 Å². The molecule has 0 N–H and O–H groups in total. The molecule has 0 radical (unpaired) electrons. The number of non-ortho nitro benzene ring substituents is 1. The molecule has 3 rings (SSSR count). The van der Waals surface area contributed by atoms with Gasteiger partial charge in [-0.3, -0.25) is 10.1 Å². The van der Waals surface area contributed by atoms with Gasteiger partial charge in [-0.25, -0.2) is 8.42 Å². The smallest absolute Gasteiger partial charge is 0.269 e. The van der Waals surface area contributed by atoms with Gasteiger partial charge in [0.25, 0.3) is 5.69 Å². The normalized spacial score (nSPS) is 11.6. The van der Waals surface area contributed by atoms with E-state index in [0.717, 1.165) is 6.08 Å². The minimum atomic E-state index is -3.95. The van der Waals surface area contributed by atoms with Crippen LogP contribution in [-0.4, -0.2) is 13.3 Å². The van der Waals surface area contributed by atoms with Crippen molar-refractivity contribution in [3.8, 4) is 11.8 Å². The van der Waals surface area contributed by atoms with E-state index in [1.54, 1.807) is 30.3 Å². The van der Waals surface area contributed by atoms with Crippen molar-refractivity contribution in [3.05, 3.63) is 93.3 Å². The van der Waals surface area contributed by atoms with E-state index in [9.17, 15) is 23.8 Å². The lowest BCUT2D eigenvalue weighted by atomic mass is 10.3. The Kier molecular flexibility index (Phi) is 5.76. The standard InChI is InChI=1S/C20H14N2O6S/c21-13-20(29(25,26)19-4-2-1-3-5-19)12-17-10-11-18(28-17)14-27-16-8-6-15(7-9-16)22(23)24/h1-12H,14H2/b20-12+. The highest BCUT2D eigenvalue weighted by Gasteiger charge is 2.21. The minimum absolute atomic E-state index is 0.0149. The number of ether oxygens (including phenoxy) is 1. The van der Waals surface area contributed by atoms with Crippen molar-refractivity contribution in [2.45, 2.75) is 11.5 Å². The van der Waals surface area contributed by atoms with Gasteiger partial charge in [-0.15, -0.1) is 0 Å². The maximum Gasteiger partial charge on any atom is 0.269 e. The summed E-state index contributed by atoms with van der Waals surface area (Å²) in [6.07, 6.45) is 1.15. The van der Waals surface area contributed by atoms with Gasteiger partial charge in [0.05, 0.1) is 9.82 Å². The second-order valence-corrected chi connectivity index (χ2v) is 7.70. The van der Waals surface area contributed by atoms with Gasteiger partial charge in [0.2, 0.25) is 9.84 Å². The summed E-state index contributed by atoms with van der Waals surface area (Å²) in [6, 6.07) is 18.0. The number of nitro benzene ring substituents is 1. The average molecular weight is 410 g/mol. The van der Waals surface area contributed by atoms with Crippen LogP contribution in [-0.2, 0) is 16.4 Å². The molecule has 9 heteroatoms. The number of allylic oxidation sites excluding steroid dienone is 1. The molecule has 0 aliphatic heterocycles. The Hall–Kier alpha value is -3.90. The molecule has 0 saturated heterocycles. The fraction of sp³-hybridized carbons (Fsp3) is 0.0500. The Labute approximate surface area is 166 Å². The minimum Gasteiger partial charge on any atom is -0.486 e. The molecule has 0 unspecified atom stereocenters. The van der Waals surface area contributed by atoms with Crippen molar-refractivity contribution in [2.24, 2.45) is 0 Å². The monoisotopic (exact) mass is 410 g/mol. The number of nitrogens with zero attached hydrogens (tertiary/aromatic N) is 2. The predicted octanol–water partition coefficient (Wildman–Crippen LogP) is 4.11. The maximum absolute atomic E-state index is 12.6. The van der Waals surface area contributed by atoms with Gasteiger partial charge in [-0.1, -0.05) is 18.2 Å². The molecule has 29 heavy (non-hydrogen) atoms. The quantitative estimate of drug-likeness (QED) is 0.326. The Morgan fingerprint density at radius 3 is 2.41 bits per heavy atom. The molecule has 0 aliphatic rings. The van der Waals surface area contributed by atoms with Crippen molar-refractivity contribution in [2.75, 3.05) is 0 Å². The molecule has 8 nitrogen and oxygen atoms in total. The summed E-state index contributed by atoms with van der Waals surface area (Å²) in [6.45, 7) is 0.0268. The van der Waals surface area contributed by atoms with Crippen LogP contribution < -0.4 is 4.74 Å². The highest BCUT2D eigenvalue weighted by atomic mass is 32.2. The lowest BCUT2D eigenvalue weighted by Gasteiger charge is -2.03. The summed E-state index contributed by atoms with van der Waals surface area (Å²) in [5, 5.41) is 19.9. The number of hydrogen-bond acceptors (Lipinski definition) is 7. The largest absolute Gasteiger partial charge is 0.486 e. The van der Waals surface area contributed by atoms with Crippen LogP contribution in [0.2, 0.25) is 0 Å². The zero-order valence-electron chi connectivity index (χ0n) is 14.9. The first kappa shape index (κ1) is 19.9. The SMILES string of the molecule is N#C/C(=C\c1ccc(COc2ccc([N+](=O)[O-])cc2)o1)S(=O)(=O)c1ccccc1. The van der Waals surface area contributed by atoms with Gasteiger partial charge in [0.15, 0.2) is 4.91 Å². The van der Waals surface area contributed by atoms with Crippen LogP contribution in [0.4, 0.5) is 5.69 Å². The zero-order chi connectivity index (χ0) is 20.9. The van der Waals surface area contributed by atoms with E-state index in [-0.39, 0.29) is 22.9 Å². The molecule has 0 spiro atoms. The van der Waals surface area contributed by atoms with E-state index in [1.165, 1.54) is 42.5 Å². The molecule has 1 heterocycles. The highest BCUT2D eigenvalue weighted by molar-refractivity contribution is 7.95. The maximum atomic E-state index is 12.6. The molecule has 0 atom stereocenters. The van der Waals surface area contributed by atoms with Crippen LogP contribution in [0.15, 0.2) is 80.9 Å². The fourth-order valence-electron chi connectivity index (χ4n) is 2.39. The number of rotatable bonds is 7. The summed E-state index contributed by atoms with van der Waals surface area (Å²) in [7, 11) is -3.95. The van der Waals surface area contributed by atoms with Crippen LogP contribution in [0.3, 0.4) is 0 Å². The van der Waals surface area contributed by atoms with Gasteiger partial charge in [-0.05, 0) is 36.4 Å². The predicted molar refractivity (Wildman–Crippen MR) is 103 cm³/mol. The summed E-state index contributed by atoms with van der Waals surface area (Å²) >= 11 is 0. The van der Waals surface area contributed by atoms with E-state index in [1.807, 2.05) is 0 Å². The molecule has 0 fully saturated rings. The van der Waals surface area contributed by atoms with E-state index >= 15 is 0 Å². The first-order chi connectivity index (χ1) is 13.9. The number of benzene rings is 2. The lowest BCUT2D eigenvalue weighted by Crippen LogP contribution is -2.03. The second kappa shape index (κ2) is 8.41. The number of nitro groups is 1. The molecule has 1 aromatic heterocycles. The summed E-state index contributed by atoms with van der Waals surface area (Å²) in [5.41, 5.74) is -0.0496. The highest BCUT2D eigenvalue weighted by Crippen LogP contribution is 2.23. The van der Waals surface area contributed by atoms with Crippen molar-refractivity contribution < 1.29 is 22.5 Å². The molecule has 0 bridgehead atoms. The lowest BCUT2D eigenvalue weighted by molar-refractivity contribution is -0.384. The van der Waals surface area contributed by atoms with Crippen molar-refractivity contribution in [3.63, 3.8) is 0 Å². The van der Waals surface area contributed by atoms with Crippen LogP contribution in [0.5, 0.6) is 5.75 Å². The third-order valence-electron chi connectivity index (χ3n) is 3.84. The number of furan rings is 1. The van der Waals surface area contributed by atoms with Gasteiger partial charge < -0.3 is 9.15 Å². The van der Waals surface area contributed by atoms with Crippen LogP contribution in [0.25, 0.3) is 6.08 Å². The first-order valence-electron chi connectivity index (χ1n) is 8.28. The Morgan fingerprint density at radius 1 is 1.10 bits per heavy atom. The van der Waals surface area contributed by atoms with Gasteiger partial charge >= 0.3 is 0 Å². The number of hydrogen-bond donors (Lipinski definition) is 0. The Morgan fingerprint density at radius 2 is 1.79 bits per heavy atom. The Balaban J connectivity index is 1.73. The van der Waals surface area contributed by atoms with Gasteiger partial charge in [-0.2, -0.15) is 5.26 Å². The molecule has 2 aromatic carbocycles. The first-order valence-corrected chi connectivity index (χ1v) is 9.76. The third-order valence-corrected chi connectivity index (χ3v) is 5.52. The molecular formula is C20H14N2O6S. The Bertz CT molecular complexity index is 1190. The van der Waals surface area contributed by atoms with E-state index in [0.29, 0.717) is 11.5 Å². The number of sulfone groups is 1. The molecular weight excluding hydrogens is 396 g/mol. The topological polar surface area (TPSA) is 123 Å². The van der Waals surface area contributed by atoms with E-state index in [4.69, 9.17) is 9.15 Å². The summed E-state index contributed by atoms with van der Waals surface area (Å²) in [4.78, 5) is 9.71. The molecule has 0 saturated carbocycles. The van der Waals surface area contributed by atoms with Crippen molar-refractivity contribution >= 4 is 21.6 Å². The third kappa shape index (κ3) is 4.69. The van der Waals surface area contributed by atoms with E-state index in [2.05, 4.69) is 0 Å². The molecule has 0 aliphatic carbocycles. The van der Waals surface area contributed by atoms with Crippen LogP contribution in [0, 0.1) is 21.4 Å². The number of nitriles is 1. The van der Waals surface area contributed by atoms with Crippen molar-refractivity contribution in [1.29, 1.82) is 5.26 Å². The fourth-order valence-corrected chi connectivity index (χ4v) is 3.55. The molecule has 146 valence electrons. The summed E-state index contributed by atoms with van der Waals surface area (Å²) < 4.78 is 36.1. The van der Waals surface area contributed by atoms with Gasteiger partial charge in [0.1, 0.15) is 29.9 Å².